The highest BCUT2D eigenvalue weighted by molar-refractivity contribution is 5.92. The van der Waals surface area contributed by atoms with Gasteiger partial charge in [0.2, 0.25) is 0 Å². The van der Waals surface area contributed by atoms with Crippen molar-refractivity contribution in [1.82, 2.24) is 0 Å². The zero-order valence-corrected chi connectivity index (χ0v) is 27.7. The highest BCUT2D eigenvalue weighted by atomic mass is 16.6. The summed E-state index contributed by atoms with van der Waals surface area (Å²) in [6.07, 6.45) is 8.35. The summed E-state index contributed by atoms with van der Waals surface area (Å²) in [5.74, 6) is -0.870. The van der Waals surface area contributed by atoms with E-state index in [1.165, 1.54) is 6.07 Å². The van der Waals surface area contributed by atoms with E-state index < -0.39 is 30.0 Å². The highest BCUT2D eigenvalue weighted by Crippen LogP contribution is 2.27. The molecule has 0 bridgehead atoms. The van der Waals surface area contributed by atoms with Gasteiger partial charge in [-0.1, -0.05) is 25.3 Å². The molecule has 0 aliphatic heterocycles. The third-order valence-electron chi connectivity index (χ3n) is 7.35. The van der Waals surface area contributed by atoms with Gasteiger partial charge in [0, 0.05) is 18.6 Å². The molecule has 3 rings (SSSR count). The second-order valence-electron chi connectivity index (χ2n) is 11.1. The van der Waals surface area contributed by atoms with Crippen LogP contribution in [0.1, 0.15) is 89.3 Å². The zero-order chi connectivity index (χ0) is 35.4. The van der Waals surface area contributed by atoms with Crippen LogP contribution >= 0.6 is 0 Å². The summed E-state index contributed by atoms with van der Waals surface area (Å²) in [5, 5.41) is 0. The van der Waals surface area contributed by atoms with Gasteiger partial charge in [0.1, 0.15) is 29.6 Å². The predicted molar refractivity (Wildman–Crippen MR) is 183 cm³/mol. The van der Waals surface area contributed by atoms with Crippen LogP contribution < -0.4 is 14.2 Å². The van der Waals surface area contributed by atoms with E-state index in [0.29, 0.717) is 72.6 Å². The van der Waals surface area contributed by atoms with E-state index in [2.05, 4.69) is 13.2 Å². The van der Waals surface area contributed by atoms with Gasteiger partial charge < -0.3 is 28.5 Å². The number of benzene rings is 3. The quantitative estimate of drug-likeness (QED) is 0.0366. The average Bonchev–Trinajstić information content (AvgIpc) is 3.11. The molecule has 0 saturated carbocycles. The molecule has 1 atom stereocenters. The highest BCUT2D eigenvalue weighted by Gasteiger charge is 2.18. The Morgan fingerprint density at radius 3 is 1.94 bits per heavy atom. The maximum atomic E-state index is 12.8. The van der Waals surface area contributed by atoms with Crippen molar-refractivity contribution in [3.8, 4) is 17.2 Å². The Labute approximate surface area is 286 Å². The van der Waals surface area contributed by atoms with Crippen LogP contribution in [0.2, 0.25) is 0 Å². The van der Waals surface area contributed by atoms with Crippen molar-refractivity contribution in [1.29, 1.82) is 0 Å². The fourth-order valence-electron chi connectivity index (χ4n) is 4.66. The Balaban J connectivity index is 1.48. The Hall–Kier alpha value is -5.51. The molecule has 0 aromatic heterocycles. The van der Waals surface area contributed by atoms with Gasteiger partial charge in [0.05, 0.1) is 24.3 Å². The number of unbranched alkanes of at least 4 members (excludes halogenated alkanes) is 5. The monoisotopic (exact) mass is 670 g/mol. The van der Waals surface area contributed by atoms with Crippen LogP contribution in [0, 0.1) is 6.92 Å². The van der Waals surface area contributed by atoms with Crippen molar-refractivity contribution < 1.29 is 47.7 Å². The van der Waals surface area contributed by atoms with Gasteiger partial charge in [-0.05, 0) is 118 Å². The third-order valence-corrected chi connectivity index (χ3v) is 7.35. The lowest BCUT2D eigenvalue weighted by Crippen LogP contribution is -2.12. The summed E-state index contributed by atoms with van der Waals surface area (Å²) in [5.41, 5.74) is 1.94. The number of aryl methyl sites for hydroxylation is 1. The molecule has 10 nitrogen and oxygen atoms in total. The molecular weight excluding hydrogens is 628 g/mol. The second kappa shape index (κ2) is 20.7. The Morgan fingerprint density at radius 2 is 1.31 bits per heavy atom. The lowest BCUT2D eigenvalue weighted by molar-refractivity contribution is -0.144. The molecule has 0 fully saturated rings. The lowest BCUT2D eigenvalue weighted by atomic mass is 10.0. The van der Waals surface area contributed by atoms with Crippen LogP contribution in [0.25, 0.3) is 0 Å². The van der Waals surface area contributed by atoms with Crippen LogP contribution in [-0.4, -0.2) is 43.4 Å². The smallest absolute Gasteiger partial charge is 0.343 e. The number of ether oxygens (including phenoxy) is 5. The standard InChI is InChI=1S/C39H42O10/c1-4-36(41)46-26-12-7-6-11-25-45-32-20-18-31(19-21-32)39(44)49-34-23-22-33(27-28(34)3)47-38(43)30-16-14-29(15-17-30)35(48-37(42)5-2)13-9-8-10-24-40/h4-5,14-24,27,35H,1-2,6-13,25-26H2,3H3. The van der Waals surface area contributed by atoms with Gasteiger partial charge in [0.15, 0.2) is 0 Å². The number of hydrogen-bond acceptors (Lipinski definition) is 10. The minimum atomic E-state index is -0.588. The molecule has 258 valence electrons. The summed E-state index contributed by atoms with van der Waals surface area (Å²) in [7, 11) is 0. The van der Waals surface area contributed by atoms with E-state index >= 15 is 0 Å². The number of carbonyl (C=O) groups excluding carboxylic acids is 5. The topological polar surface area (TPSA) is 132 Å². The van der Waals surface area contributed by atoms with Gasteiger partial charge in [-0.25, -0.2) is 19.2 Å². The van der Waals surface area contributed by atoms with Gasteiger partial charge in [0.25, 0.3) is 0 Å². The van der Waals surface area contributed by atoms with E-state index in [1.807, 2.05) is 0 Å². The van der Waals surface area contributed by atoms with Gasteiger partial charge >= 0.3 is 23.9 Å². The molecule has 1 unspecified atom stereocenters. The largest absolute Gasteiger partial charge is 0.494 e. The van der Waals surface area contributed by atoms with E-state index in [1.54, 1.807) is 67.6 Å². The van der Waals surface area contributed by atoms with Crippen LogP contribution in [0.3, 0.4) is 0 Å². The molecule has 3 aromatic carbocycles. The SMILES string of the molecule is C=CC(=O)OCCCCCCOc1ccc(C(=O)Oc2ccc(OC(=O)c3ccc(C(CCCCC=O)OC(=O)C=C)cc3)cc2C)cc1. The summed E-state index contributed by atoms with van der Waals surface area (Å²) in [6, 6.07) is 17.9. The van der Waals surface area contributed by atoms with Gasteiger partial charge in [-0.2, -0.15) is 0 Å². The summed E-state index contributed by atoms with van der Waals surface area (Å²) in [6.45, 7) is 9.43. The maximum absolute atomic E-state index is 12.8. The number of aldehydes is 1. The summed E-state index contributed by atoms with van der Waals surface area (Å²) >= 11 is 0. The van der Waals surface area contributed by atoms with Crippen LogP contribution in [-0.2, 0) is 23.9 Å². The van der Waals surface area contributed by atoms with Crippen molar-refractivity contribution in [2.24, 2.45) is 0 Å². The Bertz CT molecular complexity index is 1570. The molecule has 0 aliphatic rings. The number of rotatable bonds is 21. The van der Waals surface area contributed by atoms with Gasteiger partial charge in [-0.3, -0.25) is 0 Å². The molecule has 49 heavy (non-hydrogen) atoms. The van der Waals surface area contributed by atoms with Crippen molar-refractivity contribution in [2.75, 3.05) is 13.2 Å². The van der Waals surface area contributed by atoms with Crippen LogP contribution in [0.5, 0.6) is 17.2 Å². The number of hydrogen-bond donors (Lipinski definition) is 0. The fraction of sp³-hybridized carbons (Fsp3) is 0.308. The molecule has 10 heteroatoms. The first-order chi connectivity index (χ1) is 23.7. The summed E-state index contributed by atoms with van der Waals surface area (Å²) in [4.78, 5) is 59.1. The molecule has 0 aliphatic carbocycles. The van der Waals surface area contributed by atoms with Crippen molar-refractivity contribution in [3.05, 3.63) is 114 Å². The van der Waals surface area contributed by atoms with Crippen molar-refractivity contribution in [2.45, 2.75) is 64.4 Å². The molecular formula is C39H42O10. The fourth-order valence-corrected chi connectivity index (χ4v) is 4.66. The predicted octanol–water partition coefficient (Wildman–Crippen LogP) is 7.63. The molecule has 0 radical (unpaired) electrons. The van der Waals surface area contributed by atoms with Crippen LogP contribution in [0.4, 0.5) is 0 Å². The number of esters is 4. The Kier molecular flexibility index (Phi) is 16.0. The first-order valence-electron chi connectivity index (χ1n) is 16.2. The lowest BCUT2D eigenvalue weighted by Gasteiger charge is -2.17. The normalized spacial score (nSPS) is 11.0. The molecule has 3 aromatic rings. The molecule has 0 spiro atoms. The van der Waals surface area contributed by atoms with Crippen molar-refractivity contribution in [3.63, 3.8) is 0 Å². The first-order valence-corrected chi connectivity index (χ1v) is 16.2. The molecule has 0 amide bonds. The van der Waals surface area contributed by atoms with E-state index in [-0.39, 0.29) is 5.75 Å². The van der Waals surface area contributed by atoms with E-state index in [4.69, 9.17) is 23.7 Å². The Morgan fingerprint density at radius 1 is 0.694 bits per heavy atom. The third kappa shape index (κ3) is 13.3. The van der Waals surface area contributed by atoms with Crippen LogP contribution in [0.15, 0.2) is 92.0 Å². The number of carbonyl (C=O) groups is 5. The van der Waals surface area contributed by atoms with E-state index in [0.717, 1.165) is 44.1 Å². The molecule has 0 heterocycles. The minimum Gasteiger partial charge on any atom is -0.494 e. The average molecular weight is 671 g/mol. The molecule has 0 N–H and O–H groups in total. The first kappa shape index (κ1) is 37.9. The van der Waals surface area contributed by atoms with Gasteiger partial charge in [-0.15, -0.1) is 0 Å². The van der Waals surface area contributed by atoms with E-state index in [9.17, 15) is 24.0 Å². The molecule has 0 saturated heterocycles. The van der Waals surface area contributed by atoms with Crippen molar-refractivity contribution >= 4 is 30.2 Å². The second-order valence-corrected chi connectivity index (χ2v) is 11.1. The maximum Gasteiger partial charge on any atom is 0.343 e. The summed E-state index contributed by atoms with van der Waals surface area (Å²) < 4.78 is 27.3. The zero-order valence-electron chi connectivity index (χ0n) is 27.7. The minimum absolute atomic E-state index is 0.275.